The van der Waals surface area contributed by atoms with Gasteiger partial charge in [-0.15, -0.1) is 0 Å². The lowest BCUT2D eigenvalue weighted by Crippen LogP contribution is -2.51. The van der Waals surface area contributed by atoms with E-state index in [1.807, 2.05) is 0 Å². The van der Waals surface area contributed by atoms with Gasteiger partial charge >= 0.3 is 6.18 Å². The van der Waals surface area contributed by atoms with Crippen LogP contribution in [-0.2, 0) is 15.8 Å². The van der Waals surface area contributed by atoms with Crippen LogP contribution in [0.15, 0.2) is 60.9 Å². The van der Waals surface area contributed by atoms with Crippen LogP contribution in [0.3, 0.4) is 0 Å². The minimum atomic E-state index is -5.36. The molecule has 4 N–H and O–H groups in total. The number of amides is 2. The Balaban J connectivity index is 1.37. The topological polar surface area (TPSA) is 150 Å². The summed E-state index contributed by atoms with van der Waals surface area (Å²) in [6.07, 6.45) is -0.523. The number of aromatic nitrogens is 3. The highest BCUT2D eigenvalue weighted by molar-refractivity contribution is 5.96. The summed E-state index contributed by atoms with van der Waals surface area (Å²) in [7, 11) is 0. The fourth-order valence-electron chi connectivity index (χ4n) is 5.15. The van der Waals surface area contributed by atoms with E-state index in [1.165, 1.54) is 31.2 Å². The zero-order valence-corrected chi connectivity index (χ0v) is 25.2. The summed E-state index contributed by atoms with van der Waals surface area (Å²) in [5.74, 6) is -1.47. The second-order valence-electron chi connectivity index (χ2n) is 11.8. The fourth-order valence-corrected chi connectivity index (χ4v) is 5.15. The van der Waals surface area contributed by atoms with E-state index < -0.39 is 47.1 Å². The molecule has 14 heteroatoms. The van der Waals surface area contributed by atoms with Crippen LogP contribution in [-0.4, -0.2) is 57.3 Å². The van der Waals surface area contributed by atoms with Crippen LogP contribution in [0.4, 0.5) is 17.6 Å². The molecular formula is C33H29F4N5O5. The first-order valence-electron chi connectivity index (χ1n) is 14.6. The summed E-state index contributed by atoms with van der Waals surface area (Å²) < 4.78 is 69.7. The minimum Gasteiger partial charge on any atom is -0.490 e. The van der Waals surface area contributed by atoms with Crippen molar-refractivity contribution in [2.45, 2.75) is 50.0 Å². The largest absolute Gasteiger partial charge is 0.490 e. The molecule has 0 spiro atoms. The summed E-state index contributed by atoms with van der Waals surface area (Å²) in [6, 6.07) is 9.98. The first-order chi connectivity index (χ1) is 22.2. The van der Waals surface area contributed by atoms with Gasteiger partial charge in [0.25, 0.3) is 5.91 Å². The van der Waals surface area contributed by atoms with E-state index in [2.05, 4.69) is 20.3 Å². The van der Waals surface area contributed by atoms with Crippen molar-refractivity contribution >= 4 is 11.8 Å². The number of halogens is 4. The number of carbonyl (C=O) groups is 2. The number of fused-ring (bicyclic) bond motifs is 1. The van der Waals surface area contributed by atoms with Crippen molar-refractivity contribution in [1.29, 1.82) is 0 Å². The van der Waals surface area contributed by atoms with Crippen molar-refractivity contribution in [3.8, 4) is 33.9 Å². The van der Waals surface area contributed by atoms with Gasteiger partial charge in [0.05, 0.1) is 18.3 Å². The van der Waals surface area contributed by atoms with E-state index in [-0.39, 0.29) is 40.8 Å². The van der Waals surface area contributed by atoms with Crippen molar-refractivity contribution in [2.75, 3.05) is 13.2 Å². The van der Waals surface area contributed by atoms with Gasteiger partial charge in [-0.2, -0.15) is 13.2 Å². The average molecular weight is 652 g/mol. The van der Waals surface area contributed by atoms with Gasteiger partial charge in [0, 0.05) is 40.2 Å². The van der Waals surface area contributed by atoms with Crippen LogP contribution < -0.4 is 20.5 Å². The van der Waals surface area contributed by atoms with Gasteiger partial charge in [-0.25, -0.2) is 19.3 Å². The molecule has 47 heavy (non-hydrogen) atoms. The highest BCUT2D eigenvalue weighted by Gasteiger charge is 2.57. The number of pyridine rings is 1. The van der Waals surface area contributed by atoms with Crippen molar-refractivity contribution in [3.05, 3.63) is 89.4 Å². The van der Waals surface area contributed by atoms with Gasteiger partial charge in [0.15, 0.2) is 0 Å². The van der Waals surface area contributed by atoms with Crippen LogP contribution in [0, 0.1) is 12.7 Å². The number of nitrogens with zero attached hydrogens (tertiary/aromatic N) is 3. The summed E-state index contributed by atoms with van der Waals surface area (Å²) in [5, 5.41) is 13.5. The van der Waals surface area contributed by atoms with Crippen LogP contribution in [0.25, 0.3) is 22.4 Å². The van der Waals surface area contributed by atoms with Gasteiger partial charge in [0.2, 0.25) is 11.5 Å². The van der Waals surface area contributed by atoms with Gasteiger partial charge < -0.3 is 25.6 Å². The number of hydrogen-bond acceptors (Lipinski definition) is 8. The number of rotatable bonds is 9. The molecule has 0 saturated heterocycles. The van der Waals surface area contributed by atoms with Crippen molar-refractivity contribution < 1.29 is 41.7 Å². The van der Waals surface area contributed by atoms with E-state index >= 15 is 0 Å². The Bertz CT molecular complexity index is 1870. The molecule has 2 atom stereocenters. The summed E-state index contributed by atoms with van der Waals surface area (Å²) in [6.45, 7) is 1.45. The maximum Gasteiger partial charge on any atom is 0.424 e. The molecule has 2 aromatic heterocycles. The van der Waals surface area contributed by atoms with Gasteiger partial charge in [-0.3, -0.25) is 9.59 Å². The molecule has 0 radical (unpaired) electrons. The molecule has 10 nitrogen and oxygen atoms in total. The number of aliphatic hydroxyl groups is 1. The number of benzene rings is 2. The SMILES string of the molecule is Cc1ncc(-c2cc(C(=O)NC[C@](O)(c3cc4c(c(-c5ccc(F)cc5)n3)OC[C@]4(C)C(N)=O)C(F)(F)F)ccc2OC2CC2)cn1. The normalized spacial score (nSPS) is 18.5. The van der Waals surface area contributed by atoms with Gasteiger partial charge in [0.1, 0.15) is 40.9 Å². The molecule has 1 aliphatic carbocycles. The smallest absolute Gasteiger partial charge is 0.424 e. The number of nitrogens with two attached hydrogens (primary N) is 1. The molecule has 1 fully saturated rings. The lowest BCUT2D eigenvalue weighted by atomic mass is 9.81. The lowest BCUT2D eigenvalue weighted by molar-refractivity contribution is -0.265. The predicted octanol–water partition coefficient (Wildman–Crippen LogP) is 4.51. The number of hydrogen-bond donors (Lipinski definition) is 3. The van der Waals surface area contributed by atoms with E-state index in [9.17, 15) is 32.3 Å². The molecule has 0 unspecified atom stereocenters. The Hall–Kier alpha value is -5.11. The monoisotopic (exact) mass is 651 g/mol. The Morgan fingerprint density at radius 2 is 1.77 bits per heavy atom. The summed E-state index contributed by atoms with van der Waals surface area (Å²) in [5.41, 5.74) is 0.304. The lowest BCUT2D eigenvalue weighted by Gasteiger charge is -2.31. The Morgan fingerprint density at radius 1 is 1.09 bits per heavy atom. The first kappa shape index (κ1) is 31.9. The average Bonchev–Trinajstić information content (AvgIpc) is 3.79. The maximum absolute atomic E-state index is 14.8. The molecule has 4 aromatic rings. The van der Waals surface area contributed by atoms with Crippen molar-refractivity contribution in [3.63, 3.8) is 0 Å². The number of ether oxygens (including phenoxy) is 2. The molecular weight excluding hydrogens is 622 g/mol. The molecule has 1 aliphatic heterocycles. The molecule has 3 heterocycles. The third-order valence-electron chi connectivity index (χ3n) is 8.28. The minimum absolute atomic E-state index is 0.0167. The van der Waals surface area contributed by atoms with Crippen molar-refractivity contribution in [2.24, 2.45) is 5.73 Å². The number of aryl methyl sites for hydroxylation is 1. The van der Waals surface area contributed by atoms with Gasteiger partial charge in [-0.05, 0) is 75.2 Å². The number of primary amides is 1. The molecule has 2 aromatic carbocycles. The number of nitrogens with one attached hydrogen (secondary N) is 1. The van der Waals surface area contributed by atoms with Crippen LogP contribution >= 0.6 is 0 Å². The first-order valence-corrected chi connectivity index (χ1v) is 14.6. The molecule has 1 saturated carbocycles. The summed E-state index contributed by atoms with van der Waals surface area (Å²) in [4.78, 5) is 38.3. The number of carbonyl (C=O) groups excluding carboxylic acids is 2. The zero-order chi connectivity index (χ0) is 33.7. The van der Waals surface area contributed by atoms with Crippen LogP contribution in [0.2, 0.25) is 0 Å². The molecule has 244 valence electrons. The Labute approximate surface area is 266 Å². The van der Waals surface area contributed by atoms with E-state index in [4.69, 9.17) is 15.2 Å². The molecule has 6 rings (SSSR count). The van der Waals surface area contributed by atoms with Crippen molar-refractivity contribution in [1.82, 2.24) is 20.3 Å². The quantitative estimate of drug-likeness (QED) is 0.224. The van der Waals surface area contributed by atoms with Crippen LogP contribution in [0.1, 0.15) is 47.2 Å². The zero-order valence-electron chi connectivity index (χ0n) is 25.2. The maximum atomic E-state index is 14.8. The van der Waals surface area contributed by atoms with E-state index in [0.29, 0.717) is 22.7 Å². The number of alkyl halides is 3. The standard InChI is InChI=1S/C33H29F4N5O5/c1-17-39-13-20(14-40-17)23-11-19(5-10-25(23)47-22-8-9-22)29(43)41-15-32(45,33(35,36)37)26-12-24-28(46-16-31(24,2)30(38)44)27(42-26)18-3-6-21(34)7-4-18/h3-7,10-14,22,45H,8-9,15-16H2,1-2H3,(H2,38,44)(H,41,43)/t31-,32-/m0/s1. The highest BCUT2D eigenvalue weighted by atomic mass is 19.4. The highest BCUT2D eigenvalue weighted by Crippen LogP contribution is 2.47. The fraction of sp³-hybridized carbons (Fsp3) is 0.303. The Kier molecular flexibility index (Phi) is 7.86. The second-order valence-corrected chi connectivity index (χ2v) is 11.8. The molecule has 2 amide bonds. The third kappa shape index (κ3) is 5.96. The van der Waals surface area contributed by atoms with E-state index in [1.54, 1.807) is 25.4 Å². The third-order valence-corrected chi connectivity index (χ3v) is 8.28. The molecule has 2 aliphatic rings. The van der Waals surface area contributed by atoms with Crippen LogP contribution in [0.5, 0.6) is 11.5 Å². The van der Waals surface area contributed by atoms with E-state index in [0.717, 1.165) is 31.0 Å². The predicted molar refractivity (Wildman–Crippen MR) is 160 cm³/mol. The van der Waals surface area contributed by atoms with Gasteiger partial charge in [-0.1, -0.05) is 0 Å². The second kappa shape index (κ2) is 11.6. The molecule has 0 bridgehead atoms. The summed E-state index contributed by atoms with van der Waals surface area (Å²) >= 11 is 0. The Morgan fingerprint density at radius 3 is 2.38 bits per heavy atom.